The molecule has 2 aromatic carbocycles. The maximum Gasteiger partial charge on any atom is 0.311 e. The third-order valence-electron chi connectivity index (χ3n) is 18.4. The van der Waals surface area contributed by atoms with Gasteiger partial charge in [0.25, 0.3) is 17.5 Å². The number of carbonyl (C=O) groups is 3. The lowest BCUT2D eigenvalue weighted by Crippen LogP contribution is -2.61. The van der Waals surface area contributed by atoms with Gasteiger partial charge in [0.05, 0.1) is 63.3 Å². The van der Waals surface area contributed by atoms with Crippen LogP contribution in [0.5, 0.6) is 0 Å². The first kappa shape index (κ1) is 66.6. The maximum absolute atomic E-state index is 14.9. The first-order valence-electron chi connectivity index (χ1n) is 30.0. The Hall–Kier alpha value is -4.89. The molecule has 0 spiro atoms. The third kappa shape index (κ3) is 15.3. The summed E-state index contributed by atoms with van der Waals surface area (Å²) < 4.78 is 40.6. The van der Waals surface area contributed by atoms with Gasteiger partial charge in [0.1, 0.15) is 30.0 Å². The largest absolute Gasteiger partial charge is 0.459 e. The quantitative estimate of drug-likeness (QED) is 0.0324. The van der Waals surface area contributed by atoms with Gasteiger partial charge in [-0.25, -0.2) is 0 Å². The van der Waals surface area contributed by atoms with E-state index in [0.29, 0.717) is 75.8 Å². The molecule has 0 radical (unpaired) electrons. The van der Waals surface area contributed by atoms with Crippen molar-refractivity contribution in [3.05, 3.63) is 87.2 Å². The van der Waals surface area contributed by atoms with Gasteiger partial charge in [-0.3, -0.25) is 39.0 Å². The summed E-state index contributed by atoms with van der Waals surface area (Å²) in [6.45, 7) is 19.3. The fourth-order valence-electron chi connectivity index (χ4n) is 13.0. The molecule has 2 amide bonds. The Bertz CT molecular complexity index is 2640. The number of aromatic nitrogens is 3. The predicted molar refractivity (Wildman–Crippen MR) is 308 cm³/mol. The Labute approximate surface area is 494 Å². The number of likely N-dealkylation sites (N-methyl/N-ethyl adjacent to an activating group) is 1. The van der Waals surface area contributed by atoms with Gasteiger partial charge in [0.15, 0.2) is 12.6 Å². The van der Waals surface area contributed by atoms with Gasteiger partial charge in [-0.2, -0.15) is 0 Å². The molecule has 0 unspecified atom stereocenters. The van der Waals surface area contributed by atoms with Gasteiger partial charge in [-0.15, -0.1) is 5.10 Å². The molecule has 0 saturated carbocycles. The molecule has 468 valence electrons. The van der Waals surface area contributed by atoms with Crippen molar-refractivity contribution in [2.45, 2.75) is 224 Å². The molecule has 23 heteroatoms. The minimum absolute atomic E-state index is 0.0240. The lowest BCUT2D eigenvalue weighted by molar-refractivity contribution is -0.384. The number of nitrogens with zero attached hydrogens (tertiary/aromatic N) is 7. The van der Waals surface area contributed by atoms with Crippen molar-refractivity contribution < 1.29 is 73.3 Å². The van der Waals surface area contributed by atoms with Crippen LogP contribution in [0.3, 0.4) is 0 Å². The third-order valence-corrected chi connectivity index (χ3v) is 18.4. The number of unbranched alkanes of at least 4 members (excludes halogenated alkanes) is 1. The second-order valence-electron chi connectivity index (χ2n) is 24.8. The van der Waals surface area contributed by atoms with Gasteiger partial charge in [0.2, 0.25) is 0 Å². The Kier molecular flexibility index (Phi) is 22.4. The Morgan fingerprint density at radius 1 is 0.845 bits per heavy atom. The zero-order chi connectivity index (χ0) is 61.6. The smallest absolute Gasteiger partial charge is 0.311 e. The van der Waals surface area contributed by atoms with Crippen molar-refractivity contribution in [1.29, 1.82) is 0 Å². The van der Waals surface area contributed by atoms with Crippen LogP contribution in [-0.4, -0.2) is 209 Å². The Morgan fingerprint density at radius 2 is 1.50 bits per heavy atom. The van der Waals surface area contributed by atoms with Crippen LogP contribution in [0.15, 0.2) is 54.7 Å². The number of ether oxygens (including phenoxy) is 6. The lowest BCUT2D eigenvalue weighted by Gasteiger charge is -2.49. The first-order valence-corrected chi connectivity index (χ1v) is 30.0. The van der Waals surface area contributed by atoms with Gasteiger partial charge < -0.3 is 58.9 Å². The number of non-ortho nitro benzene ring substituents is 1. The number of carbonyl (C=O) groups excluding carboxylic acids is 3. The van der Waals surface area contributed by atoms with Crippen LogP contribution in [0.2, 0.25) is 0 Å². The van der Waals surface area contributed by atoms with E-state index in [0.717, 1.165) is 11.3 Å². The van der Waals surface area contributed by atoms with Crippen molar-refractivity contribution in [3.63, 3.8) is 0 Å². The van der Waals surface area contributed by atoms with Gasteiger partial charge in [-0.1, -0.05) is 56.7 Å². The molecular formula is C61H93N7O16. The maximum atomic E-state index is 14.9. The molecule has 3 fully saturated rings. The summed E-state index contributed by atoms with van der Waals surface area (Å²) in [5, 5.41) is 81.5. The van der Waals surface area contributed by atoms with Crippen molar-refractivity contribution in [2.24, 2.45) is 17.8 Å². The van der Waals surface area contributed by atoms with Crippen molar-refractivity contribution in [3.8, 4) is 0 Å². The molecule has 3 saturated heterocycles. The summed E-state index contributed by atoms with van der Waals surface area (Å²) in [5.41, 5.74) is -2.45. The highest BCUT2D eigenvalue weighted by atomic mass is 16.7. The molecule has 7 rings (SSSR count). The number of imide groups is 1. The van der Waals surface area contributed by atoms with Crippen molar-refractivity contribution in [1.82, 2.24) is 29.7 Å². The van der Waals surface area contributed by atoms with Gasteiger partial charge in [-0.05, 0) is 124 Å². The average Bonchev–Trinajstić information content (AvgIpc) is 2.60. The molecule has 23 nitrogen and oxygen atoms in total. The van der Waals surface area contributed by atoms with Crippen LogP contribution < -0.4 is 0 Å². The average molecular weight is 1180 g/mol. The number of amides is 2. The number of nitro benzene ring substituents is 1. The molecule has 84 heavy (non-hydrogen) atoms. The molecule has 5 heterocycles. The van der Waals surface area contributed by atoms with E-state index in [1.165, 1.54) is 31.1 Å². The molecule has 1 aromatic heterocycles. The zero-order valence-corrected chi connectivity index (χ0v) is 51.1. The standard InChI is InChI=1S/C61H93N7O16/c1-13-41-32-59(8,75)54(84-58-50(69)47(31-36(3)80-58)64(11)29-26-43-35-66(63-62-43)30-25-42-21-23-44(24-22-42)68(77)78)37(4)51(83-49-33-60(9,79-12)53(71)40(7)81-49)38(5)57(74)82-48(14-2)61(10,76)52(70)39(6)65(34-41)27-17-18-28-67-55(72)45-19-15-16-20-46(45)56(67)73/h15-16,19-24,35-41,47-54,58,69-71,75-76H,13-14,17-18,25-34H2,1-12H3/t36-,37+,38-,39-,40+,41-,47+,48-,49+,50-,51+,52-,53+,54-,58+,59-,60-,61-/m1/s1. The van der Waals surface area contributed by atoms with E-state index in [1.54, 1.807) is 89.5 Å². The van der Waals surface area contributed by atoms with E-state index >= 15 is 0 Å². The second-order valence-corrected chi connectivity index (χ2v) is 24.8. The van der Waals surface area contributed by atoms with Crippen LogP contribution in [0.1, 0.15) is 146 Å². The summed E-state index contributed by atoms with van der Waals surface area (Å²) in [6, 6.07) is 11.9. The van der Waals surface area contributed by atoms with E-state index < -0.39 is 113 Å². The van der Waals surface area contributed by atoms with Crippen LogP contribution >= 0.6 is 0 Å². The summed E-state index contributed by atoms with van der Waals surface area (Å²) in [5.74, 6) is -3.80. The van der Waals surface area contributed by atoms with E-state index in [-0.39, 0.29) is 49.2 Å². The number of aliphatic hydroxyl groups is 5. The fourth-order valence-corrected chi connectivity index (χ4v) is 13.0. The number of esters is 1. The number of fused-ring (bicyclic) bond motifs is 1. The highest BCUT2D eigenvalue weighted by molar-refractivity contribution is 6.21. The molecule has 5 N–H and O–H groups in total. The van der Waals surface area contributed by atoms with Crippen molar-refractivity contribution >= 4 is 23.5 Å². The Balaban J connectivity index is 1.17. The molecule has 4 aliphatic heterocycles. The highest BCUT2D eigenvalue weighted by Gasteiger charge is 2.53. The molecule has 0 aliphatic carbocycles. The molecular weight excluding hydrogens is 1090 g/mol. The van der Waals surface area contributed by atoms with Gasteiger partial charge in [0, 0.05) is 82.5 Å². The lowest BCUT2D eigenvalue weighted by atomic mass is 9.77. The summed E-state index contributed by atoms with van der Waals surface area (Å²) >= 11 is 0. The monoisotopic (exact) mass is 1180 g/mol. The number of aliphatic hydroxyl groups excluding tert-OH is 3. The van der Waals surface area contributed by atoms with Crippen LogP contribution in [0, 0.1) is 27.9 Å². The van der Waals surface area contributed by atoms with Crippen LogP contribution in [0.4, 0.5) is 5.69 Å². The van der Waals surface area contributed by atoms with E-state index in [9.17, 15) is 50.0 Å². The second kappa shape index (κ2) is 28.3. The Morgan fingerprint density at radius 3 is 2.12 bits per heavy atom. The summed E-state index contributed by atoms with van der Waals surface area (Å²) in [6.07, 6.45) is -5.71. The number of hydrogen-bond acceptors (Lipinski definition) is 20. The first-order chi connectivity index (χ1) is 39.6. The number of benzene rings is 2. The SMILES string of the molecule is CC[C@H]1CN(CCCCN2C(=O)c3ccccc3C2=O)[C@H](C)[C@@H](O)[C@](C)(O)[C@@H](CC)OC(=O)[C@H](C)[C@@H](O[C@H]2C[C@@](C)(OC)[C@@H](O)[C@H](C)O2)[C@H](C)[C@@H](O[C@@H]2O[C@H](C)C[C@H](N(C)CCc3cn(CCc4ccc([N+](=O)[O-])cc4)nn3)[C@H]2O)[C@](C)(O)C1. The number of methoxy groups -OCH3 is 1. The van der Waals surface area contributed by atoms with Crippen LogP contribution in [-0.2, 0) is 52.6 Å². The van der Waals surface area contributed by atoms with Crippen molar-refractivity contribution in [2.75, 3.05) is 40.3 Å². The highest BCUT2D eigenvalue weighted by Crippen LogP contribution is 2.41. The topological polar surface area (TPSA) is 291 Å². The van der Waals surface area contributed by atoms with E-state index in [1.807, 2.05) is 36.9 Å². The fraction of sp³-hybridized carbons (Fsp3) is 0.721. The minimum Gasteiger partial charge on any atom is -0.459 e. The summed E-state index contributed by atoms with van der Waals surface area (Å²) in [4.78, 5) is 57.4. The summed E-state index contributed by atoms with van der Waals surface area (Å²) in [7, 11) is 3.39. The van der Waals surface area contributed by atoms with E-state index in [4.69, 9.17) is 28.4 Å². The minimum atomic E-state index is -1.98. The zero-order valence-electron chi connectivity index (χ0n) is 51.1. The number of nitro groups is 1. The van der Waals surface area contributed by atoms with E-state index in [2.05, 4.69) is 10.3 Å². The normalized spacial score (nSPS) is 35.9. The molecule has 3 aromatic rings. The molecule has 18 atom stereocenters. The van der Waals surface area contributed by atoms with Crippen LogP contribution in [0.25, 0.3) is 0 Å². The number of rotatable bonds is 20. The molecule has 4 aliphatic rings. The van der Waals surface area contributed by atoms with Gasteiger partial charge >= 0.3 is 5.97 Å². The number of cyclic esters (lactones) is 1. The number of hydrogen-bond donors (Lipinski definition) is 5. The molecule has 0 bridgehead atoms. The number of aryl methyl sites for hydroxylation is 2. The predicted octanol–water partition coefficient (Wildman–Crippen LogP) is 5.09.